The Morgan fingerprint density at radius 1 is 0.821 bits per heavy atom. The van der Waals surface area contributed by atoms with E-state index in [1.54, 1.807) is 0 Å². The van der Waals surface area contributed by atoms with E-state index in [2.05, 4.69) is 19.2 Å². The molecule has 2 amide bonds. The van der Waals surface area contributed by atoms with Gasteiger partial charge < -0.3 is 30.3 Å². The summed E-state index contributed by atoms with van der Waals surface area (Å²) in [5.74, 6) is -3.58. The van der Waals surface area contributed by atoms with Crippen molar-refractivity contribution in [3.8, 4) is 0 Å². The molecule has 0 fully saturated rings. The molecule has 0 aromatic heterocycles. The van der Waals surface area contributed by atoms with Crippen molar-refractivity contribution < 1.29 is 48.5 Å². The van der Waals surface area contributed by atoms with Gasteiger partial charge in [-0.15, -0.1) is 0 Å². The van der Waals surface area contributed by atoms with Gasteiger partial charge in [0, 0.05) is 24.8 Å². The van der Waals surface area contributed by atoms with Gasteiger partial charge in [-0.1, -0.05) is 40.5 Å². The van der Waals surface area contributed by atoms with Crippen molar-refractivity contribution in [3.05, 3.63) is 0 Å². The van der Waals surface area contributed by atoms with Crippen LogP contribution in [0, 0.1) is 17.8 Å². The van der Waals surface area contributed by atoms with Crippen LogP contribution in [0.2, 0.25) is 0 Å². The number of ether oxygens (including phenoxy) is 2. The molecular formula is C27H46N2O10. The molecule has 0 spiro atoms. The van der Waals surface area contributed by atoms with Crippen molar-refractivity contribution in [1.82, 2.24) is 10.6 Å². The molecule has 0 aromatic carbocycles. The molecule has 0 radical (unpaired) electrons. The van der Waals surface area contributed by atoms with Crippen LogP contribution in [0.1, 0.15) is 79.1 Å². The number of rotatable bonds is 24. The molecule has 0 saturated heterocycles. The second-order valence-corrected chi connectivity index (χ2v) is 10.3. The monoisotopic (exact) mass is 558 g/mol. The van der Waals surface area contributed by atoms with Crippen LogP contribution in [0.4, 0.5) is 0 Å². The van der Waals surface area contributed by atoms with Crippen LogP contribution in [0.5, 0.6) is 0 Å². The zero-order valence-electron chi connectivity index (χ0n) is 23.7. The minimum absolute atomic E-state index is 0.00248. The lowest BCUT2D eigenvalue weighted by atomic mass is 9.84. The molecule has 0 aliphatic rings. The van der Waals surface area contributed by atoms with E-state index < -0.39 is 42.6 Å². The van der Waals surface area contributed by atoms with Crippen molar-refractivity contribution in [2.24, 2.45) is 17.8 Å². The predicted molar refractivity (Wildman–Crippen MR) is 142 cm³/mol. The number of carbonyl (C=O) groups excluding carboxylic acids is 4. The number of unbranched alkanes of at least 4 members (excludes halogenated alkanes) is 2. The van der Waals surface area contributed by atoms with Gasteiger partial charge in [0.15, 0.2) is 5.78 Å². The standard InChI is InChI=1S/C27H46N2O10/c1-18(2)14-20(26(35)19(3)4)8-6-5-7-9-21(30)17-39-13-12-38-11-10-28-23(31)15-22(27(36)37)29-24(32)16-25(33)34/h18-20,22H,5-17H2,1-4H3,(H,28,31)(H,29,32)(H,33,34)(H,36,37). The topological polar surface area (TPSA) is 185 Å². The smallest absolute Gasteiger partial charge is 0.326 e. The maximum atomic E-state index is 12.4. The summed E-state index contributed by atoms with van der Waals surface area (Å²) in [6.07, 6.45) is 3.31. The average molecular weight is 559 g/mol. The minimum atomic E-state index is -1.54. The van der Waals surface area contributed by atoms with Crippen molar-refractivity contribution in [2.75, 3.05) is 33.0 Å². The Morgan fingerprint density at radius 3 is 2.08 bits per heavy atom. The van der Waals surface area contributed by atoms with E-state index >= 15 is 0 Å². The fraction of sp³-hybridized carbons (Fsp3) is 0.778. The minimum Gasteiger partial charge on any atom is -0.481 e. The molecule has 0 saturated carbocycles. The first-order valence-electron chi connectivity index (χ1n) is 13.5. The lowest BCUT2D eigenvalue weighted by Crippen LogP contribution is -2.45. The van der Waals surface area contributed by atoms with Gasteiger partial charge in [-0.25, -0.2) is 4.79 Å². The molecule has 2 unspecified atom stereocenters. The van der Waals surface area contributed by atoms with Crippen molar-refractivity contribution in [1.29, 1.82) is 0 Å². The SMILES string of the molecule is CC(C)CC(CCCCCC(=O)COCCOCCNC(=O)CC(NC(=O)CC(=O)O)C(=O)O)C(=O)C(C)C. The van der Waals surface area contributed by atoms with E-state index in [9.17, 15) is 28.8 Å². The number of carbonyl (C=O) groups is 6. The highest BCUT2D eigenvalue weighted by molar-refractivity contribution is 5.96. The molecule has 224 valence electrons. The number of carboxylic acid groups (broad SMARTS) is 2. The molecule has 2 atom stereocenters. The van der Waals surface area contributed by atoms with Gasteiger partial charge in [0.25, 0.3) is 0 Å². The van der Waals surface area contributed by atoms with E-state index in [0.717, 1.165) is 32.1 Å². The van der Waals surface area contributed by atoms with E-state index in [1.165, 1.54) is 0 Å². The van der Waals surface area contributed by atoms with Crippen molar-refractivity contribution >= 4 is 35.3 Å². The van der Waals surface area contributed by atoms with Gasteiger partial charge in [0.1, 0.15) is 24.9 Å². The highest BCUT2D eigenvalue weighted by atomic mass is 16.5. The van der Waals surface area contributed by atoms with Crippen LogP contribution in [-0.2, 0) is 38.2 Å². The Balaban J connectivity index is 3.89. The molecule has 0 aliphatic carbocycles. The van der Waals surface area contributed by atoms with Crippen LogP contribution >= 0.6 is 0 Å². The largest absolute Gasteiger partial charge is 0.481 e. The predicted octanol–water partition coefficient (Wildman–Crippen LogP) is 1.98. The molecule has 12 nitrogen and oxygen atoms in total. The number of carboxylic acids is 2. The first kappa shape index (κ1) is 36.1. The van der Waals surface area contributed by atoms with Gasteiger partial charge in [0.05, 0.1) is 26.2 Å². The molecule has 0 aromatic rings. The van der Waals surface area contributed by atoms with Gasteiger partial charge >= 0.3 is 11.9 Å². The molecule has 39 heavy (non-hydrogen) atoms. The summed E-state index contributed by atoms with van der Waals surface area (Å²) < 4.78 is 10.6. The van der Waals surface area contributed by atoms with Gasteiger partial charge in [-0.2, -0.15) is 0 Å². The Bertz CT molecular complexity index is 797. The number of amides is 2. The summed E-state index contributed by atoms with van der Waals surface area (Å²) in [5, 5.41) is 22.0. The molecule has 0 aliphatic heterocycles. The van der Waals surface area contributed by atoms with Crippen LogP contribution < -0.4 is 10.6 Å². The molecule has 12 heteroatoms. The number of hydrogen-bond acceptors (Lipinski definition) is 8. The number of ketones is 2. The van der Waals surface area contributed by atoms with E-state index in [0.29, 0.717) is 18.1 Å². The molecule has 0 heterocycles. The maximum absolute atomic E-state index is 12.4. The highest BCUT2D eigenvalue weighted by Gasteiger charge is 2.24. The van der Waals surface area contributed by atoms with Crippen molar-refractivity contribution in [2.45, 2.75) is 85.1 Å². The lowest BCUT2D eigenvalue weighted by Gasteiger charge is -2.19. The van der Waals surface area contributed by atoms with E-state index in [4.69, 9.17) is 19.7 Å². The summed E-state index contributed by atoms with van der Waals surface area (Å²) in [7, 11) is 0. The lowest BCUT2D eigenvalue weighted by molar-refractivity contribution is -0.146. The summed E-state index contributed by atoms with van der Waals surface area (Å²) in [6, 6.07) is -1.54. The Morgan fingerprint density at radius 2 is 1.49 bits per heavy atom. The Hall–Kier alpha value is -2.86. The highest BCUT2D eigenvalue weighted by Crippen LogP contribution is 2.23. The summed E-state index contributed by atoms with van der Waals surface area (Å²) in [5.41, 5.74) is 0. The van der Waals surface area contributed by atoms with Gasteiger partial charge in [-0.05, 0) is 25.2 Å². The summed E-state index contributed by atoms with van der Waals surface area (Å²) in [4.78, 5) is 69.3. The fourth-order valence-corrected chi connectivity index (χ4v) is 3.89. The fourth-order valence-electron chi connectivity index (χ4n) is 3.89. The average Bonchev–Trinajstić information content (AvgIpc) is 2.82. The zero-order chi connectivity index (χ0) is 29.8. The number of aliphatic carboxylic acids is 2. The molecule has 0 bridgehead atoms. The first-order chi connectivity index (χ1) is 18.3. The number of nitrogens with one attached hydrogen (secondary N) is 2. The Labute approximate surface area is 230 Å². The summed E-state index contributed by atoms with van der Waals surface area (Å²) in [6.45, 7) is 8.74. The van der Waals surface area contributed by atoms with Crippen LogP contribution in [-0.4, -0.2) is 84.5 Å². The van der Waals surface area contributed by atoms with Crippen LogP contribution in [0.25, 0.3) is 0 Å². The van der Waals surface area contributed by atoms with Crippen molar-refractivity contribution in [3.63, 3.8) is 0 Å². The quantitative estimate of drug-likeness (QED) is 0.101. The number of Topliss-reactive ketones (excluding diaryl/α,β-unsaturated/α-hetero) is 2. The molecule has 0 rings (SSSR count). The third-order valence-corrected chi connectivity index (χ3v) is 5.77. The maximum Gasteiger partial charge on any atom is 0.326 e. The summed E-state index contributed by atoms with van der Waals surface area (Å²) >= 11 is 0. The van der Waals surface area contributed by atoms with Gasteiger partial charge in [0.2, 0.25) is 11.8 Å². The zero-order valence-corrected chi connectivity index (χ0v) is 23.7. The van der Waals surface area contributed by atoms with Gasteiger partial charge in [-0.3, -0.25) is 24.0 Å². The third kappa shape index (κ3) is 19.8. The normalized spacial score (nSPS) is 12.7. The Kier molecular flexibility index (Phi) is 19.5. The second kappa shape index (κ2) is 21.0. The third-order valence-electron chi connectivity index (χ3n) is 5.77. The second-order valence-electron chi connectivity index (χ2n) is 10.3. The van der Waals surface area contributed by atoms with Crippen LogP contribution in [0.3, 0.4) is 0 Å². The first-order valence-corrected chi connectivity index (χ1v) is 13.5. The van der Waals surface area contributed by atoms with E-state index in [-0.39, 0.29) is 50.6 Å². The number of hydrogen-bond donors (Lipinski definition) is 4. The molecular weight excluding hydrogens is 512 g/mol. The van der Waals surface area contributed by atoms with E-state index in [1.807, 2.05) is 19.2 Å². The molecule has 4 N–H and O–H groups in total. The van der Waals surface area contributed by atoms with Crippen LogP contribution in [0.15, 0.2) is 0 Å².